The fraction of sp³-hybridized carbons (Fsp3) is 0.0526. The molecular formula is C19H14N2O4. The molecule has 0 saturated heterocycles. The van der Waals surface area contributed by atoms with Gasteiger partial charge in [-0.1, -0.05) is 12.1 Å². The number of carbonyl (C=O) groups is 1. The summed E-state index contributed by atoms with van der Waals surface area (Å²) in [5, 5.41) is 2.78. The minimum Gasteiger partial charge on any atom is -0.495 e. The molecule has 0 atom stereocenters. The Morgan fingerprint density at radius 3 is 2.76 bits per heavy atom. The molecule has 0 aliphatic rings. The summed E-state index contributed by atoms with van der Waals surface area (Å²) < 4.78 is 16.2. The zero-order valence-electron chi connectivity index (χ0n) is 13.4. The van der Waals surface area contributed by atoms with Gasteiger partial charge in [0, 0.05) is 5.56 Å². The smallest absolute Gasteiger partial charge is 0.291 e. The molecule has 4 rings (SSSR count). The lowest BCUT2D eigenvalue weighted by atomic mass is 10.1. The normalized spacial score (nSPS) is 10.8. The van der Waals surface area contributed by atoms with Crippen LogP contribution < -0.4 is 10.1 Å². The fourth-order valence-corrected chi connectivity index (χ4v) is 2.53. The van der Waals surface area contributed by atoms with E-state index in [1.165, 1.54) is 13.4 Å². The summed E-state index contributed by atoms with van der Waals surface area (Å²) in [4.78, 5) is 16.7. The number of carbonyl (C=O) groups excluding carboxylic acids is 1. The quantitative estimate of drug-likeness (QED) is 0.600. The van der Waals surface area contributed by atoms with Crippen molar-refractivity contribution >= 4 is 22.7 Å². The van der Waals surface area contributed by atoms with E-state index >= 15 is 0 Å². The van der Waals surface area contributed by atoms with Gasteiger partial charge in [-0.2, -0.15) is 0 Å². The second-order valence-electron chi connectivity index (χ2n) is 5.33. The molecule has 2 aromatic carbocycles. The lowest BCUT2D eigenvalue weighted by Gasteiger charge is -2.10. The molecule has 0 radical (unpaired) electrons. The number of furan rings is 1. The first-order valence-electron chi connectivity index (χ1n) is 7.63. The van der Waals surface area contributed by atoms with Gasteiger partial charge in [0.05, 0.1) is 19.1 Å². The number of nitrogens with zero attached hydrogens (tertiary/aromatic N) is 1. The number of hydrogen-bond donors (Lipinski definition) is 1. The number of anilines is 1. The molecular weight excluding hydrogens is 320 g/mol. The highest BCUT2D eigenvalue weighted by Crippen LogP contribution is 2.32. The first-order chi connectivity index (χ1) is 12.2. The van der Waals surface area contributed by atoms with Gasteiger partial charge in [0.25, 0.3) is 5.91 Å². The Balaban J connectivity index is 1.71. The number of fused-ring (bicyclic) bond motifs is 1. The summed E-state index contributed by atoms with van der Waals surface area (Å²) in [5.41, 5.74) is 2.71. The monoisotopic (exact) mass is 334 g/mol. The third kappa shape index (κ3) is 2.85. The zero-order valence-corrected chi connectivity index (χ0v) is 13.4. The first-order valence-corrected chi connectivity index (χ1v) is 7.63. The van der Waals surface area contributed by atoms with Crippen LogP contribution in [0.2, 0.25) is 0 Å². The van der Waals surface area contributed by atoms with Crippen LogP contribution in [0.1, 0.15) is 10.6 Å². The van der Waals surface area contributed by atoms with Crippen LogP contribution in [0.25, 0.3) is 22.6 Å². The van der Waals surface area contributed by atoms with E-state index in [1.54, 1.807) is 24.3 Å². The van der Waals surface area contributed by atoms with E-state index in [2.05, 4.69) is 10.3 Å². The molecule has 4 aromatic rings. The van der Waals surface area contributed by atoms with Crippen molar-refractivity contribution in [3.8, 4) is 17.2 Å². The van der Waals surface area contributed by atoms with Crippen molar-refractivity contribution in [2.75, 3.05) is 12.4 Å². The number of methoxy groups -OCH3 is 1. The third-order valence-corrected chi connectivity index (χ3v) is 3.73. The van der Waals surface area contributed by atoms with Gasteiger partial charge < -0.3 is 18.9 Å². The van der Waals surface area contributed by atoms with Crippen molar-refractivity contribution in [2.45, 2.75) is 0 Å². The van der Waals surface area contributed by atoms with Crippen LogP contribution in [0.5, 0.6) is 5.75 Å². The second kappa shape index (κ2) is 6.16. The average molecular weight is 334 g/mol. The van der Waals surface area contributed by atoms with E-state index in [4.69, 9.17) is 13.6 Å². The molecule has 2 aromatic heterocycles. The van der Waals surface area contributed by atoms with Gasteiger partial charge in [0.15, 0.2) is 11.3 Å². The summed E-state index contributed by atoms with van der Waals surface area (Å²) in [6, 6.07) is 16.1. The van der Waals surface area contributed by atoms with Crippen molar-refractivity contribution in [1.29, 1.82) is 0 Å². The standard InChI is InChI=1S/C19H14N2O4/c1-23-15-9-8-12(19-21-13-5-2-3-6-16(13)25-19)11-14(15)20-18(22)17-7-4-10-24-17/h2-11H,1H3,(H,20,22). The molecule has 0 spiro atoms. The Morgan fingerprint density at radius 1 is 1.12 bits per heavy atom. The number of rotatable bonds is 4. The highest BCUT2D eigenvalue weighted by atomic mass is 16.5. The summed E-state index contributed by atoms with van der Waals surface area (Å²) in [7, 11) is 1.54. The number of oxazole rings is 1. The van der Waals surface area contributed by atoms with Crippen LogP contribution >= 0.6 is 0 Å². The van der Waals surface area contributed by atoms with E-state index in [-0.39, 0.29) is 11.7 Å². The van der Waals surface area contributed by atoms with Crippen LogP contribution in [0.4, 0.5) is 5.69 Å². The molecule has 25 heavy (non-hydrogen) atoms. The molecule has 6 nitrogen and oxygen atoms in total. The van der Waals surface area contributed by atoms with E-state index in [0.717, 1.165) is 11.1 Å². The van der Waals surface area contributed by atoms with E-state index < -0.39 is 0 Å². The first kappa shape index (κ1) is 15.0. The van der Waals surface area contributed by atoms with Crippen molar-refractivity contribution < 1.29 is 18.4 Å². The predicted molar refractivity (Wildman–Crippen MR) is 92.7 cm³/mol. The SMILES string of the molecule is COc1ccc(-c2nc3ccccc3o2)cc1NC(=O)c1ccco1. The lowest BCUT2D eigenvalue weighted by molar-refractivity contribution is 0.0996. The van der Waals surface area contributed by atoms with Gasteiger partial charge in [0.2, 0.25) is 5.89 Å². The van der Waals surface area contributed by atoms with Crippen molar-refractivity contribution in [1.82, 2.24) is 4.98 Å². The third-order valence-electron chi connectivity index (χ3n) is 3.73. The number of amides is 1. The van der Waals surface area contributed by atoms with Crippen molar-refractivity contribution in [3.05, 3.63) is 66.6 Å². The second-order valence-corrected chi connectivity index (χ2v) is 5.33. The number of aromatic nitrogens is 1. The summed E-state index contributed by atoms with van der Waals surface area (Å²) in [5.74, 6) is 0.851. The van der Waals surface area contributed by atoms with Crippen LogP contribution in [-0.2, 0) is 0 Å². The minimum absolute atomic E-state index is 0.217. The molecule has 0 aliphatic heterocycles. The van der Waals surface area contributed by atoms with E-state index in [9.17, 15) is 4.79 Å². The molecule has 2 heterocycles. The molecule has 0 fully saturated rings. The Bertz CT molecular complexity index is 1000. The molecule has 0 aliphatic carbocycles. The zero-order chi connectivity index (χ0) is 17.2. The van der Waals surface area contributed by atoms with Crippen LogP contribution in [0, 0.1) is 0 Å². The van der Waals surface area contributed by atoms with Gasteiger partial charge in [-0.25, -0.2) is 4.98 Å². The number of ether oxygens (including phenoxy) is 1. The molecule has 1 N–H and O–H groups in total. The highest BCUT2D eigenvalue weighted by Gasteiger charge is 2.15. The largest absolute Gasteiger partial charge is 0.495 e. The highest BCUT2D eigenvalue weighted by molar-refractivity contribution is 6.03. The van der Waals surface area contributed by atoms with Gasteiger partial charge in [-0.15, -0.1) is 0 Å². The summed E-state index contributed by atoms with van der Waals surface area (Å²) in [6.07, 6.45) is 1.45. The van der Waals surface area contributed by atoms with Gasteiger partial charge in [0.1, 0.15) is 11.3 Å². The molecule has 0 bridgehead atoms. The Morgan fingerprint density at radius 2 is 2.00 bits per heavy atom. The van der Waals surface area contributed by atoms with Crippen LogP contribution in [0.3, 0.4) is 0 Å². The average Bonchev–Trinajstić information content (AvgIpc) is 3.31. The predicted octanol–water partition coefficient (Wildman–Crippen LogP) is 4.35. The molecule has 6 heteroatoms. The summed E-state index contributed by atoms with van der Waals surface area (Å²) in [6.45, 7) is 0. The van der Waals surface area contributed by atoms with Gasteiger partial charge in [-0.3, -0.25) is 4.79 Å². The van der Waals surface area contributed by atoms with E-state index in [0.29, 0.717) is 22.9 Å². The van der Waals surface area contributed by atoms with Crippen LogP contribution in [-0.4, -0.2) is 18.0 Å². The Labute approximate surface area is 143 Å². The number of para-hydroxylation sites is 2. The Hall–Kier alpha value is -3.54. The molecule has 1 amide bonds. The number of benzene rings is 2. The molecule has 0 saturated carbocycles. The van der Waals surface area contributed by atoms with Crippen LogP contribution in [0.15, 0.2) is 69.7 Å². The minimum atomic E-state index is -0.363. The molecule has 124 valence electrons. The molecule has 0 unspecified atom stereocenters. The Kier molecular flexibility index (Phi) is 3.70. The van der Waals surface area contributed by atoms with Crippen molar-refractivity contribution in [3.63, 3.8) is 0 Å². The maximum absolute atomic E-state index is 12.2. The van der Waals surface area contributed by atoms with Gasteiger partial charge in [-0.05, 0) is 42.5 Å². The van der Waals surface area contributed by atoms with Gasteiger partial charge >= 0.3 is 0 Å². The van der Waals surface area contributed by atoms with E-state index in [1.807, 2.05) is 30.3 Å². The number of hydrogen-bond acceptors (Lipinski definition) is 5. The maximum Gasteiger partial charge on any atom is 0.291 e. The fourth-order valence-electron chi connectivity index (χ4n) is 2.53. The van der Waals surface area contributed by atoms with Crippen molar-refractivity contribution in [2.24, 2.45) is 0 Å². The number of nitrogens with one attached hydrogen (secondary N) is 1. The maximum atomic E-state index is 12.2. The lowest BCUT2D eigenvalue weighted by Crippen LogP contribution is -2.11. The topological polar surface area (TPSA) is 77.5 Å². The summed E-state index contributed by atoms with van der Waals surface area (Å²) >= 11 is 0.